The molecule has 2 heterocycles. The van der Waals surface area contributed by atoms with E-state index in [1.54, 1.807) is 18.3 Å². The molecule has 5 heteroatoms. The van der Waals surface area contributed by atoms with Crippen LogP contribution in [0.2, 0.25) is 0 Å². The molecular formula is C19H28N2O3. The van der Waals surface area contributed by atoms with Crippen LogP contribution in [-0.2, 0) is 9.47 Å². The lowest BCUT2D eigenvalue weighted by Gasteiger charge is -2.49. The largest absolute Gasteiger partial charge is 0.459 e. The van der Waals surface area contributed by atoms with E-state index in [0.717, 1.165) is 19.4 Å². The molecule has 1 saturated heterocycles. The molecule has 0 N–H and O–H groups in total. The van der Waals surface area contributed by atoms with E-state index in [1.807, 2.05) is 13.8 Å². The molecule has 0 atom stereocenters. The number of rotatable bonds is 3. The Balaban J connectivity index is 1.91. The molecular weight excluding hydrogens is 304 g/mol. The van der Waals surface area contributed by atoms with Gasteiger partial charge in [0.15, 0.2) is 0 Å². The number of hydrogen-bond donors (Lipinski definition) is 0. The van der Waals surface area contributed by atoms with Crippen LogP contribution in [0.3, 0.4) is 0 Å². The molecule has 0 radical (unpaired) electrons. The number of morpholine rings is 1. The average molecular weight is 332 g/mol. The highest BCUT2D eigenvalue weighted by Gasteiger charge is 2.46. The Bertz CT molecular complexity index is 606. The van der Waals surface area contributed by atoms with E-state index in [-0.39, 0.29) is 23.3 Å². The maximum atomic E-state index is 12.5. The van der Waals surface area contributed by atoms with Crippen LogP contribution in [0.4, 0.5) is 5.82 Å². The van der Waals surface area contributed by atoms with Gasteiger partial charge >= 0.3 is 5.97 Å². The van der Waals surface area contributed by atoms with Crippen LogP contribution >= 0.6 is 0 Å². The Morgan fingerprint density at radius 3 is 2.67 bits per heavy atom. The summed E-state index contributed by atoms with van der Waals surface area (Å²) in [5, 5.41) is 0. The summed E-state index contributed by atoms with van der Waals surface area (Å²) in [7, 11) is 0. The molecule has 1 aliphatic heterocycles. The standard InChI is InChI=1S/C19H28N2O3/c1-14(2)23-17(22)15-8-7-11-20-16(15)21-12-18(3,4)24-19(13-21)9-5-6-10-19/h7-8,11,14H,5-6,9-10,12-13H2,1-4H3. The Morgan fingerprint density at radius 2 is 2.00 bits per heavy atom. The number of anilines is 1. The van der Waals surface area contributed by atoms with Gasteiger partial charge in [-0.15, -0.1) is 0 Å². The molecule has 1 aromatic heterocycles. The maximum absolute atomic E-state index is 12.5. The third-order valence-corrected chi connectivity index (χ3v) is 4.71. The SMILES string of the molecule is CC(C)OC(=O)c1cccnc1N1CC(C)(C)OC2(CCCC2)C1. The summed E-state index contributed by atoms with van der Waals surface area (Å²) in [4.78, 5) is 19.2. The summed E-state index contributed by atoms with van der Waals surface area (Å²) < 4.78 is 11.9. The van der Waals surface area contributed by atoms with E-state index in [4.69, 9.17) is 9.47 Å². The highest BCUT2D eigenvalue weighted by Crippen LogP contribution is 2.42. The van der Waals surface area contributed by atoms with Gasteiger partial charge in [-0.25, -0.2) is 9.78 Å². The molecule has 5 nitrogen and oxygen atoms in total. The molecule has 1 spiro atoms. The van der Waals surface area contributed by atoms with E-state index in [1.165, 1.54) is 12.8 Å². The first-order valence-corrected chi connectivity index (χ1v) is 8.91. The number of hydrogen-bond acceptors (Lipinski definition) is 5. The third kappa shape index (κ3) is 3.56. The number of pyridine rings is 1. The van der Waals surface area contributed by atoms with E-state index in [9.17, 15) is 4.79 Å². The van der Waals surface area contributed by atoms with Crippen molar-refractivity contribution in [3.8, 4) is 0 Å². The predicted octanol–water partition coefficient (Wildman–Crippen LogP) is 3.57. The van der Waals surface area contributed by atoms with Gasteiger partial charge in [-0.05, 0) is 52.7 Å². The van der Waals surface area contributed by atoms with Crippen LogP contribution in [0.15, 0.2) is 18.3 Å². The number of carbonyl (C=O) groups is 1. The molecule has 3 rings (SSSR count). The van der Waals surface area contributed by atoms with Crippen LogP contribution in [0, 0.1) is 0 Å². The Labute approximate surface area is 144 Å². The number of esters is 1. The fourth-order valence-corrected chi connectivity index (χ4v) is 4.03. The van der Waals surface area contributed by atoms with Crippen molar-refractivity contribution in [3.05, 3.63) is 23.9 Å². The smallest absolute Gasteiger partial charge is 0.342 e. The van der Waals surface area contributed by atoms with Crippen LogP contribution in [0.5, 0.6) is 0 Å². The highest BCUT2D eigenvalue weighted by molar-refractivity contribution is 5.94. The number of nitrogens with zero attached hydrogens (tertiary/aromatic N) is 2. The lowest BCUT2D eigenvalue weighted by molar-refractivity contribution is -0.148. The van der Waals surface area contributed by atoms with Gasteiger partial charge in [-0.2, -0.15) is 0 Å². The first-order chi connectivity index (χ1) is 11.3. The fourth-order valence-electron chi connectivity index (χ4n) is 4.03. The van der Waals surface area contributed by atoms with Gasteiger partial charge in [0.1, 0.15) is 11.4 Å². The van der Waals surface area contributed by atoms with Crippen LogP contribution in [0.1, 0.15) is 63.7 Å². The molecule has 132 valence electrons. The number of ether oxygens (including phenoxy) is 2. The Morgan fingerprint density at radius 1 is 1.29 bits per heavy atom. The van der Waals surface area contributed by atoms with E-state index >= 15 is 0 Å². The molecule has 1 aromatic rings. The molecule has 1 saturated carbocycles. The first-order valence-electron chi connectivity index (χ1n) is 8.91. The first kappa shape index (κ1) is 17.2. The highest BCUT2D eigenvalue weighted by atomic mass is 16.5. The summed E-state index contributed by atoms with van der Waals surface area (Å²) in [5.41, 5.74) is 0.162. The lowest BCUT2D eigenvalue weighted by Crippen LogP contribution is -2.59. The molecule has 0 aromatic carbocycles. The number of aromatic nitrogens is 1. The van der Waals surface area contributed by atoms with Crippen molar-refractivity contribution in [3.63, 3.8) is 0 Å². The summed E-state index contributed by atoms with van der Waals surface area (Å²) in [6.45, 7) is 9.46. The van der Waals surface area contributed by atoms with Crippen LogP contribution in [-0.4, -0.2) is 41.3 Å². The molecule has 2 fully saturated rings. The summed E-state index contributed by atoms with van der Waals surface area (Å²) in [5.74, 6) is 0.406. The van der Waals surface area contributed by atoms with Crippen molar-refractivity contribution in [2.24, 2.45) is 0 Å². The van der Waals surface area contributed by atoms with Gasteiger partial charge in [0.2, 0.25) is 0 Å². The topological polar surface area (TPSA) is 51.7 Å². The molecule has 1 aliphatic carbocycles. The molecule has 0 amide bonds. The van der Waals surface area contributed by atoms with E-state index in [2.05, 4.69) is 23.7 Å². The van der Waals surface area contributed by atoms with Crippen molar-refractivity contribution >= 4 is 11.8 Å². The van der Waals surface area contributed by atoms with Gasteiger partial charge in [0.25, 0.3) is 0 Å². The van der Waals surface area contributed by atoms with Crippen molar-refractivity contribution in [1.29, 1.82) is 0 Å². The maximum Gasteiger partial charge on any atom is 0.342 e. The second-order valence-electron chi connectivity index (χ2n) is 7.94. The summed E-state index contributed by atoms with van der Waals surface area (Å²) in [6.07, 6.45) is 6.15. The zero-order valence-electron chi connectivity index (χ0n) is 15.2. The molecule has 2 aliphatic rings. The fraction of sp³-hybridized carbons (Fsp3) is 0.684. The van der Waals surface area contributed by atoms with Crippen LogP contribution < -0.4 is 4.90 Å². The summed E-state index contributed by atoms with van der Waals surface area (Å²) >= 11 is 0. The second kappa shape index (κ2) is 6.36. The minimum Gasteiger partial charge on any atom is -0.459 e. The van der Waals surface area contributed by atoms with Gasteiger partial charge in [-0.1, -0.05) is 12.8 Å². The molecule has 0 bridgehead atoms. The van der Waals surface area contributed by atoms with Crippen molar-refractivity contribution in [2.45, 2.75) is 70.7 Å². The van der Waals surface area contributed by atoms with Gasteiger partial charge < -0.3 is 14.4 Å². The minimum absolute atomic E-state index is 0.113. The summed E-state index contributed by atoms with van der Waals surface area (Å²) in [6, 6.07) is 3.59. The Kier molecular flexibility index (Phi) is 4.56. The van der Waals surface area contributed by atoms with E-state index < -0.39 is 0 Å². The second-order valence-corrected chi connectivity index (χ2v) is 7.94. The van der Waals surface area contributed by atoms with E-state index in [0.29, 0.717) is 17.9 Å². The lowest BCUT2D eigenvalue weighted by atomic mass is 9.94. The third-order valence-electron chi connectivity index (χ3n) is 4.71. The predicted molar refractivity (Wildman–Crippen MR) is 93.4 cm³/mol. The molecule has 24 heavy (non-hydrogen) atoms. The van der Waals surface area contributed by atoms with Crippen molar-refractivity contribution in [2.75, 3.05) is 18.0 Å². The van der Waals surface area contributed by atoms with Crippen molar-refractivity contribution in [1.82, 2.24) is 4.98 Å². The average Bonchev–Trinajstić information content (AvgIpc) is 2.92. The molecule has 0 unspecified atom stereocenters. The Hall–Kier alpha value is -1.62. The minimum atomic E-state index is -0.308. The zero-order chi connectivity index (χ0) is 17.4. The van der Waals surface area contributed by atoms with Gasteiger partial charge in [0, 0.05) is 19.3 Å². The van der Waals surface area contributed by atoms with Gasteiger partial charge in [0.05, 0.1) is 17.3 Å². The monoisotopic (exact) mass is 332 g/mol. The van der Waals surface area contributed by atoms with Crippen LogP contribution in [0.25, 0.3) is 0 Å². The quantitative estimate of drug-likeness (QED) is 0.792. The number of carbonyl (C=O) groups excluding carboxylic acids is 1. The normalized spacial score (nSPS) is 22.1. The van der Waals surface area contributed by atoms with Crippen molar-refractivity contribution < 1.29 is 14.3 Å². The zero-order valence-corrected chi connectivity index (χ0v) is 15.2. The van der Waals surface area contributed by atoms with Gasteiger partial charge in [-0.3, -0.25) is 0 Å².